The number of pyridine rings is 1. The third-order valence-electron chi connectivity index (χ3n) is 1.92. The Labute approximate surface area is 95.0 Å². The van der Waals surface area contributed by atoms with Crippen molar-refractivity contribution in [3.63, 3.8) is 0 Å². The summed E-state index contributed by atoms with van der Waals surface area (Å²) in [6, 6.07) is 7.45. The maximum atomic E-state index is 6.10. The number of methoxy groups -OCH3 is 1. The molecule has 0 aliphatic heterocycles. The molecule has 1 aromatic heterocycles. The average molecular weight is 273 g/mol. The molecule has 4 heteroatoms. The van der Waals surface area contributed by atoms with E-state index in [1.807, 2.05) is 18.2 Å². The first-order chi connectivity index (χ1) is 6.72. The van der Waals surface area contributed by atoms with Crippen LogP contribution in [0.25, 0.3) is 10.9 Å². The van der Waals surface area contributed by atoms with E-state index < -0.39 is 0 Å². The third kappa shape index (κ3) is 1.57. The summed E-state index contributed by atoms with van der Waals surface area (Å²) in [5.74, 6) is 0.528. The molecule has 0 bridgehead atoms. The Morgan fingerprint density at radius 2 is 2.21 bits per heavy atom. The molecule has 0 fully saturated rings. The molecule has 2 nitrogen and oxygen atoms in total. The third-order valence-corrected chi connectivity index (χ3v) is 2.88. The fraction of sp³-hybridized carbons (Fsp3) is 0.100. The minimum absolute atomic E-state index is 0.528. The van der Waals surface area contributed by atoms with Gasteiger partial charge in [0.2, 0.25) is 5.88 Å². The Morgan fingerprint density at radius 1 is 1.43 bits per heavy atom. The number of ether oxygens (including phenoxy) is 1. The second-order valence-corrected chi connectivity index (χ2v) is 4.04. The molecule has 1 aromatic carbocycles. The summed E-state index contributed by atoms with van der Waals surface area (Å²) in [6.07, 6.45) is 0. The zero-order chi connectivity index (χ0) is 10.1. The molecule has 72 valence electrons. The molecule has 14 heavy (non-hydrogen) atoms. The predicted molar refractivity (Wildman–Crippen MR) is 61.0 cm³/mol. The van der Waals surface area contributed by atoms with Crippen molar-refractivity contribution in [2.75, 3.05) is 7.11 Å². The molecule has 0 saturated heterocycles. The zero-order valence-electron chi connectivity index (χ0n) is 7.42. The molecule has 0 aliphatic carbocycles. The highest BCUT2D eigenvalue weighted by molar-refractivity contribution is 9.10. The maximum absolute atomic E-state index is 6.10. The van der Waals surface area contributed by atoms with Gasteiger partial charge in [0.15, 0.2) is 0 Å². The van der Waals surface area contributed by atoms with E-state index in [1.54, 1.807) is 13.2 Å². The van der Waals surface area contributed by atoms with Crippen LogP contribution in [0.3, 0.4) is 0 Å². The van der Waals surface area contributed by atoms with Gasteiger partial charge in [-0.15, -0.1) is 0 Å². The second kappa shape index (κ2) is 3.75. The van der Waals surface area contributed by atoms with Crippen LogP contribution in [0, 0.1) is 0 Å². The Balaban J connectivity index is 2.83. The first-order valence-electron chi connectivity index (χ1n) is 4.01. The van der Waals surface area contributed by atoms with Gasteiger partial charge < -0.3 is 4.74 Å². The SMILES string of the molecule is COc1cc(Cl)c2c(Br)cccc2n1. The fourth-order valence-electron chi connectivity index (χ4n) is 1.28. The van der Waals surface area contributed by atoms with E-state index >= 15 is 0 Å². The fourth-order valence-corrected chi connectivity index (χ4v) is 2.25. The van der Waals surface area contributed by atoms with Crippen molar-refractivity contribution in [1.82, 2.24) is 4.98 Å². The quantitative estimate of drug-likeness (QED) is 0.790. The molecule has 0 unspecified atom stereocenters. The number of nitrogens with zero attached hydrogens (tertiary/aromatic N) is 1. The van der Waals surface area contributed by atoms with E-state index in [4.69, 9.17) is 16.3 Å². The van der Waals surface area contributed by atoms with Gasteiger partial charge in [0.05, 0.1) is 17.6 Å². The van der Waals surface area contributed by atoms with Crippen LogP contribution < -0.4 is 4.74 Å². The summed E-state index contributed by atoms with van der Waals surface area (Å²) in [4.78, 5) is 4.28. The van der Waals surface area contributed by atoms with Crippen LogP contribution in [0.5, 0.6) is 5.88 Å². The van der Waals surface area contributed by atoms with Crippen LogP contribution in [-0.2, 0) is 0 Å². The molecule has 0 atom stereocenters. The number of aromatic nitrogens is 1. The smallest absolute Gasteiger partial charge is 0.215 e. The van der Waals surface area contributed by atoms with Crippen molar-refractivity contribution in [1.29, 1.82) is 0 Å². The summed E-state index contributed by atoms with van der Waals surface area (Å²) < 4.78 is 5.97. The van der Waals surface area contributed by atoms with E-state index in [9.17, 15) is 0 Å². The largest absolute Gasteiger partial charge is 0.481 e. The number of hydrogen-bond acceptors (Lipinski definition) is 2. The van der Waals surface area contributed by atoms with Crippen molar-refractivity contribution < 1.29 is 4.74 Å². The van der Waals surface area contributed by atoms with Crippen molar-refractivity contribution in [2.24, 2.45) is 0 Å². The Kier molecular flexibility index (Phi) is 2.61. The van der Waals surface area contributed by atoms with E-state index in [0.717, 1.165) is 15.4 Å². The molecule has 1 heterocycles. The maximum Gasteiger partial charge on any atom is 0.215 e. The van der Waals surface area contributed by atoms with Crippen LogP contribution in [0.15, 0.2) is 28.7 Å². The van der Waals surface area contributed by atoms with E-state index in [1.165, 1.54) is 0 Å². The highest BCUT2D eigenvalue weighted by atomic mass is 79.9. The van der Waals surface area contributed by atoms with Crippen molar-refractivity contribution >= 4 is 38.4 Å². The minimum Gasteiger partial charge on any atom is -0.481 e. The van der Waals surface area contributed by atoms with Crippen molar-refractivity contribution in [3.8, 4) is 5.88 Å². The molecule has 0 spiro atoms. The number of benzene rings is 1. The topological polar surface area (TPSA) is 22.1 Å². The first-order valence-corrected chi connectivity index (χ1v) is 5.18. The average Bonchev–Trinajstić information content (AvgIpc) is 2.17. The van der Waals surface area contributed by atoms with Crippen LogP contribution in [0.2, 0.25) is 5.02 Å². The van der Waals surface area contributed by atoms with E-state index in [0.29, 0.717) is 10.9 Å². The Bertz CT molecular complexity index is 487. The highest BCUT2D eigenvalue weighted by Crippen LogP contribution is 2.31. The first kappa shape index (κ1) is 9.74. The van der Waals surface area contributed by atoms with Gasteiger partial charge in [0.1, 0.15) is 0 Å². The standard InChI is InChI=1S/C10H7BrClNO/c1-14-9-5-7(12)10-6(11)3-2-4-8(10)13-9/h2-5H,1H3. The monoisotopic (exact) mass is 271 g/mol. The summed E-state index contributed by atoms with van der Waals surface area (Å²) >= 11 is 9.53. The lowest BCUT2D eigenvalue weighted by Crippen LogP contribution is -1.89. The van der Waals surface area contributed by atoms with Gasteiger partial charge in [0, 0.05) is 15.9 Å². The molecule has 0 aliphatic rings. The molecular formula is C10H7BrClNO. The highest BCUT2D eigenvalue weighted by Gasteiger charge is 2.06. The van der Waals surface area contributed by atoms with Gasteiger partial charge >= 0.3 is 0 Å². The van der Waals surface area contributed by atoms with Gasteiger partial charge in [-0.3, -0.25) is 0 Å². The molecule has 2 rings (SSSR count). The molecule has 0 saturated carbocycles. The van der Waals surface area contributed by atoms with Crippen LogP contribution in [0.4, 0.5) is 0 Å². The Morgan fingerprint density at radius 3 is 2.93 bits per heavy atom. The lowest BCUT2D eigenvalue weighted by molar-refractivity contribution is 0.399. The second-order valence-electron chi connectivity index (χ2n) is 2.78. The number of halogens is 2. The lowest BCUT2D eigenvalue weighted by Gasteiger charge is -2.05. The number of fused-ring (bicyclic) bond motifs is 1. The van der Waals surface area contributed by atoms with Crippen molar-refractivity contribution in [2.45, 2.75) is 0 Å². The van der Waals surface area contributed by atoms with Gasteiger partial charge in [-0.05, 0) is 12.1 Å². The summed E-state index contributed by atoms with van der Waals surface area (Å²) in [6.45, 7) is 0. The molecular weight excluding hydrogens is 265 g/mol. The van der Waals surface area contributed by atoms with Gasteiger partial charge in [0.25, 0.3) is 0 Å². The van der Waals surface area contributed by atoms with Crippen LogP contribution >= 0.6 is 27.5 Å². The van der Waals surface area contributed by atoms with Gasteiger partial charge in [-0.2, -0.15) is 0 Å². The molecule has 0 N–H and O–H groups in total. The minimum atomic E-state index is 0.528. The Hall–Kier alpha value is -0.800. The van der Waals surface area contributed by atoms with Crippen LogP contribution in [-0.4, -0.2) is 12.1 Å². The summed E-state index contributed by atoms with van der Waals surface area (Å²) in [5, 5.41) is 1.55. The lowest BCUT2D eigenvalue weighted by atomic mass is 10.2. The summed E-state index contributed by atoms with van der Waals surface area (Å²) in [7, 11) is 1.57. The predicted octanol–water partition coefficient (Wildman–Crippen LogP) is 3.66. The molecule has 0 radical (unpaired) electrons. The molecule has 0 amide bonds. The van der Waals surface area contributed by atoms with E-state index in [-0.39, 0.29) is 0 Å². The van der Waals surface area contributed by atoms with Crippen LogP contribution in [0.1, 0.15) is 0 Å². The molecule has 2 aromatic rings. The van der Waals surface area contributed by atoms with E-state index in [2.05, 4.69) is 20.9 Å². The zero-order valence-corrected chi connectivity index (χ0v) is 9.76. The van der Waals surface area contributed by atoms with Crippen molar-refractivity contribution in [3.05, 3.63) is 33.8 Å². The number of rotatable bonds is 1. The summed E-state index contributed by atoms with van der Waals surface area (Å²) in [5.41, 5.74) is 0.823. The normalized spacial score (nSPS) is 10.5. The number of hydrogen-bond donors (Lipinski definition) is 0. The van der Waals surface area contributed by atoms with Gasteiger partial charge in [-0.1, -0.05) is 33.6 Å². The van der Waals surface area contributed by atoms with Gasteiger partial charge in [-0.25, -0.2) is 4.98 Å².